The van der Waals surface area contributed by atoms with Crippen molar-refractivity contribution < 1.29 is 9.52 Å². The minimum Gasteiger partial charge on any atom is -0.472 e. The molecule has 1 heterocycles. The van der Waals surface area contributed by atoms with E-state index in [1.165, 1.54) is 0 Å². The van der Waals surface area contributed by atoms with Crippen LogP contribution in [0.15, 0.2) is 53.3 Å². The molecular formula is C11H10O2. The zero-order valence-electron chi connectivity index (χ0n) is 7.05. The van der Waals surface area contributed by atoms with Crippen molar-refractivity contribution in [2.75, 3.05) is 0 Å². The number of aliphatic hydroxyl groups excluding tert-OH is 1. The standard InChI is InChI=1S/C11H10O2/c12-11(10-6-7-13-8-10)9-4-2-1-3-5-9/h1-8,11-12H. The maximum absolute atomic E-state index is 9.82. The third kappa shape index (κ3) is 1.63. The van der Waals surface area contributed by atoms with Gasteiger partial charge in [0.2, 0.25) is 0 Å². The number of hydrogen-bond donors (Lipinski definition) is 1. The lowest BCUT2D eigenvalue weighted by atomic mass is 10.1. The molecule has 0 aliphatic heterocycles. The molecule has 13 heavy (non-hydrogen) atoms. The molecule has 0 saturated heterocycles. The summed E-state index contributed by atoms with van der Waals surface area (Å²) in [5.41, 5.74) is 1.66. The van der Waals surface area contributed by atoms with Crippen molar-refractivity contribution in [2.45, 2.75) is 6.10 Å². The van der Waals surface area contributed by atoms with Gasteiger partial charge in [-0.25, -0.2) is 0 Å². The van der Waals surface area contributed by atoms with Crippen LogP contribution in [-0.2, 0) is 0 Å². The number of hydrogen-bond acceptors (Lipinski definition) is 2. The highest BCUT2D eigenvalue weighted by atomic mass is 16.3. The Kier molecular flexibility index (Phi) is 2.15. The van der Waals surface area contributed by atoms with Gasteiger partial charge in [-0.15, -0.1) is 0 Å². The fraction of sp³-hybridized carbons (Fsp3) is 0.0909. The highest BCUT2D eigenvalue weighted by molar-refractivity contribution is 5.26. The van der Waals surface area contributed by atoms with E-state index < -0.39 is 6.10 Å². The molecule has 2 nitrogen and oxygen atoms in total. The molecule has 0 aliphatic rings. The summed E-state index contributed by atoms with van der Waals surface area (Å²) >= 11 is 0. The van der Waals surface area contributed by atoms with Gasteiger partial charge in [-0.1, -0.05) is 30.3 Å². The molecule has 2 aromatic rings. The van der Waals surface area contributed by atoms with E-state index in [9.17, 15) is 5.11 Å². The first kappa shape index (κ1) is 8.08. The molecule has 2 heteroatoms. The van der Waals surface area contributed by atoms with Gasteiger partial charge in [0.1, 0.15) is 6.10 Å². The molecule has 1 atom stereocenters. The average Bonchev–Trinajstić information content (AvgIpc) is 2.71. The Morgan fingerprint density at radius 3 is 2.38 bits per heavy atom. The molecule has 0 aliphatic carbocycles. The summed E-state index contributed by atoms with van der Waals surface area (Å²) in [5.74, 6) is 0. The van der Waals surface area contributed by atoms with E-state index in [1.807, 2.05) is 30.3 Å². The van der Waals surface area contributed by atoms with Gasteiger partial charge in [0.05, 0.1) is 12.5 Å². The van der Waals surface area contributed by atoms with Crippen molar-refractivity contribution in [2.24, 2.45) is 0 Å². The quantitative estimate of drug-likeness (QED) is 0.758. The maximum atomic E-state index is 9.82. The highest BCUT2D eigenvalue weighted by Crippen LogP contribution is 2.21. The summed E-state index contributed by atoms with van der Waals surface area (Å²) in [6.07, 6.45) is 2.53. The molecule has 0 radical (unpaired) electrons. The van der Waals surface area contributed by atoms with Crippen LogP contribution in [0.25, 0.3) is 0 Å². The van der Waals surface area contributed by atoms with E-state index in [2.05, 4.69) is 0 Å². The normalized spacial score (nSPS) is 12.7. The van der Waals surface area contributed by atoms with Crippen molar-refractivity contribution >= 4 is 0 Å². The Hall–Kier alpha value is -1.54. The second kappa shape index (κ2) is 3.46. The van der Waals surface area contributed by atoms with Crippen LogP contribution >= 0.6 is 0 Å². The molecule has 0 spiro atoms. The lowest BCUT2D eigenvalue weighted by Gasteiger charge is -2.07. The fourth-order valence-corrected chi connectivity index (χ4v) is 1.26. The van der Waals surface area contributed by atoms with Crippen LogP contribution in [0.1, 0.15) is 17.2 Å². The SMILES string of the molecule is OC(c1ccccc1)c1ccoc1. The van der Waals surface area contributed by atoms with Crippen LogP contribution in [-0.4, -0.2) is 5.11 Å². The topological polar surface area (TPSA) is 33.4 Å². The first-order chi connectivity index (χ1) is 6.38. The maximum Gasteiger partial charge on any atom is 0.107 e. The molecule has 0 bridgehead atoms. The highest BCUT2D eigenvalue weighted by Gasteiger charge is 2.09. The lowest BCUT2D eigenvalue weighted by molar-refractivity contribution is 0.219. The first-order valence-electron chi connectivity index (χ1n) is 4.13. The molecule has 66 valence electrons. The fourth-order valence-electron chi connectivity index (χ4n) is 1.26. The third-order valence-corrected chi connectivity index (χ3v) is 1.97. The molecule has 1 N–H and O–H groups in total. The van der Waals surface area contributed by atoms with Gasteiger partial charge >= 0.3 is 0 Å². The van der Waals surface area contributed by atoms with Crippen LogP contribution in [0, 0.1) is 0 Å². The van der Waals surface area contributed by atoms with Gasteiger partial charge in [-0.3, -0.25) is 0 Å². The zero-order valence-corrected chi connectivity index (χ0v) is 7.05. The molecular weight excluding hydrogens is 164 g/mol. The van der Waals surface area contributed by atoms with Gasteiger partial charge in [0.25, 0.3) is 0 Å². The minimum atomic E-state index is -0.583. The van der Waals surface area contributed by atoms with Crippen molar-refractivity contribution in [1.29, 1.82) is 0 Å². The van der Waals surface area contributed by atoms with Gasteiger partial charge in [0.15, 0.2) is 0 Å². The van der Waals surface area contributed by atoms with E-state index in [1.54, 1.807) is 18.6 Å². The van der Waals surface area contributed by atoms with Gasteiger partial charge < -0.3 is 9.52 Å². The summed E-state index contributed by atoms with van der Waals surface area (Å²) in [6.45, 7) is 0. The van der Waals surface area contributed by atoms with Gasteiger partial charge in [-0.05, 0) is 11.6 Å². The average molecular weight is 174 g/mol. The number of furan rings is 1. The Balaban J connectivity index is 2.29. The Labute approximate surface area is 76.4 Å². The number of aliphatic hydroxyl groups is 1. The van der Waals surface area contributed by atoms with E-state index in [-0.39, 0.29) is 0 Å². The largest absolute Gasteiger partial charge is 0.472 e. The number of benzene rings is 1. The molecule has 0 saturated carbocycles. The Morgan fingerprint density at radius 1 is 1.00 bits per heavy atom. The summed E-state index contributed by atoms with van der Waals surface area (Å²) in [7, 11) is 0. The summed E-state index contributed by atoms with van der Waals surface area (Å²) < 4.78 is 4.90. The monoisotopic (exact) mass is 174 g/mol. The van der Waals surface area contributed by atoms with E-state index >= 15 is 0 Å². The Morgan fingerprint density at radius 2 is 1.77 bits per heavy atom. The van der Waals surface area contributed by atoms with Crippen LogP contribution in [0.2, 0.25) is 0 Å². The predicted molar refractivity (Wildman–Crippen MR) is 49.2 cm³/mol. The van der Waals surface area contributed by atoms with Gasteiger partial charge in [-0.2, -0.15) is 0 Å². The lowest BCUT2D eigenvalue weighted by Crippen LogP contribution is -1.96. The molecule has 1 aromatic heterocycles. The molecule has 0 amide bonds. The predicted octanol–water partition coefficient (Wildman–Crippen LogP) is 2.36. The van der Waals surface area contributed by atoms with E-state index in [0.29, 0.717) is 0 Å². The van der Waals surface area contributed by atoms with E-state index in [0.717, 1.165) is 11.1 Å². The molecule has 2 rings (SSSR count). The second-order valence-electron chi connectivity index (χ2n) is 2.87. The molecule has 1 aromatic carbocycles. The van der Waals surface area contributed by atoms with Crippen molar-refractivity contribution in [3.8, 4) is 0 Å². The summed E-state index contributed by atoms with van der Waals surface area (Å²) in [4.78, 5) is 0. The van der Waals surface area contributed by atoms with Crippen LogP contribution in [0.3, 0.4) is 0 Å². The van der Waals surface area contributed by atoms with Crippen molar-refractivity contribution in [1.82, 2.24) is 0 Å². The molecule has 0 fully saturated rings. The van der Waals surface area contributed by atoms with Crippen molar-refractivity contribution in [3.63, 3.8) is 0 Å². The Bertz CT molecular complexity index is 351. The third-order valence-electron chi connectivity index (χ3n) is 1.97. The second-order valence-corrected chi connectivity index (χ2v) is 2.87. The van der Waals surface area contributed by atoms with E-state index in [4.69, 9.17) is 4.42 Å². The van der Waals surface area contributed by atoms with Crippen molar-refractivity contribution in [3.05, 3.63) is 60.1 Å². The first-order valence-corrected chi connectivity index (χ1v) is 4.13. The minimum absolute atomic E-state index is 0.583. The van der Waals surface area contributed by atoms with Crippen LogP contribution in [0.5, 0.6) is 0 Å². The van der Waals surface area contributed by atoms with Gasteiger partial charge in [0, 0.05) is 5.56 Å². The summed E-state index contributed by atoms with van der Waals surface area (Å²) in [5, 5.41) is 9.82. The number of rotatable bonds is 2. The molecule has 1 unspecified atom stereocenters. The zero-order chi connectivity index (χ0) is 9.10. The smallest absolute Gasteiger partial charge is 0.107 e. The van der Waals surface area contributed by atoms with Crippen LogP contribution < -0.4 is 0 Å². The van der Waals surface area contributed by atoms with Crippen LogP contribution in [0.4, 0.5) is 0 Å². The summed E-state index contributed by atoms with van der Waals surface area (Å²) in [6, 6.07) is 11.3.